The third-order valence-corrected chi connectivity index (χ3v) is 4.95. The average Bonchev–Trinajstić information content (AvgIpc) is 3.11. The Morgan fingerprint density at radius 3 is 2.56 bits per heavy atom. The normalized spacial score (nSPS) is 15.5. The third kappa shape index (κ3) is 5.29. The van der Waals surface area contributed by atoms with E-state index >= 15 is 0 Å². The number of nitrogens with zero attached hydrogens (tertiary/aromatic N) is 3. The molecular weight excluding hydrogens is 344 g/mol. The van der Waals surface area contributed by atoms with Crippen LogP contribution in [-0.2, 0) is 6.61 Å². The molecule has 0 spiro atoms. The van der Waals surface area contributed by atoms with E-state index in [0.29, 0.717) is 29.6 Å². The van der Waals surface area contributed by atoms with Crippen LogP contribution in [0, 0.1) is 6.92 Å². The number of aryl methyl sites for hydroxylation is 1. The third-order valence-electron chi connectivity index (χ3n) is 4.95. The highest BCUT2D eigenvalue weighted by Gasteiger charge is 2.28. The van der Waals surface area contributed by atoms with E-state index in [0.717, 1.165) is 13.1 Å². The summed E-state index contributed by atoms with van der Waals surface area (Å²) in [6.45, 7) is 9.18. The highest BCUT2D eigenvalue weighted by molar-refractivity contribution is 5.94. The Balaban J connectivity index is 1.49. The summed E-state index contributed by atoms with van der Waals surface area (Å²) < 4.78 is 10.5. The summed E-state index contributed by atoms with van der Waals surface area (Å²) in [4.78, 5) is 19.0. The SMILES string of the molecule is Cc1nc(COc2ccc(C(=O)NCC(C)(C)N3CCCCC3)cc2)no1. The number of carbonyl (C=O) groups is 1. The number of amides is 1. The molecule has 0 radical (unpaired) electrons. The van der Waals surface area contributed by atoms with Crippen molar-refractivity contribution in [1.29, 1.82) is 0 Å². The van der Waals surface area contributed by atoms with E-state index in [2.05, 4.69) is 34.2 Å². The first-order valence-corrected chi connectivity index (χ1v) is 9.49. The molecule has 1 fully saturated rings. The molecule has 1 saturated heterocycles. The molecule has 0 atom stereocenters. The Morgan fingerprint density at radius 1 is 1.22 bits per heavy atom. The number of likely N-dealkylation sites (tertiary alicyclic amines) is 1. The lowest BCUT2D eigenvalue weighted by atomic mass is 9.98. The molecule has 0 unspecified atom stereocenters. The van der Waals surface area contributed by atoms with Crippen molar-refractivity contribution in [3.63, 3.8) is 0 Å². The van der Waals surface area contributed by atoms with Crippen molar-refractivity contribution < 1.29 is 14.1 Å². The zero-order valence-electron chi connectivity index (χ0n) is 16.3. The molecule has 1 aliphatic rings. The zero-order chi connectivity index (χ0) is 19.3. The number of ether oxygens (including phenoxy) is 1. The van der Waals surface area contributed by atoms with Gasteiger partial charge in [-0.1, -0.05) is 11.6 Å². The van der Waals surface area contributed by atoms with Crippen LogP contribution in [0.25, 0.3) is 0 Å². The smallest absolute Gasteiger partial charge is 0.251 e. The van der Waals surface area contributed by atoms with Crippen molar-refractivity contribution in [3.05, 3.63) is 41.5 Å². The lowest BCUT2D eigenvalue weighted by molar-refractivity contribution is 0.0797. The quantitative estimate of drug-likeness (QED) is 0.805. The first kappa shape index (κ1) is 19.4. The summed E-state index contributed by atoms with van der Waals surface area (Å²) in [5.74, 6) is 1.59. The van der Waals surface area contributed by atoms with Crippen LogP contribution < -0.4 is 10.1 Å². The molecule has 2 aromatic rings. The van der Waals surface area contributed by atoms with E-state index in [1.54, 1.807) is 31.2 Å². The predicted octanol–water partition coefficient (Wildman–Crippen LogP) is 2.95. The Hall–Kier alpha value is -2.41. The van der Waals surface area contributed by atoms with Crippen LogP contribution in [0.5, 0.6) is 5.75 Å². The van der Waals surface area contributed by atoms with E-state index in [-0.39, 0.29) is 18.1 Å². The number of carbonyl (C=O) groups excluding carboxylic acids is 1. The zero-order valence-corrected chi connectivity index (χ0v) is 16.3. The second-order valence-electron chi connectivity index (χ2n) is 7.59. The number of hydrogen-bond donors (Lipinski definition) is 1. The average molecular weight is 372 g/mol. The minimum atomic E-state index is -0.0690. The van der Waals surface area contributed by atoms with Crippen LogP contribution >= 0.6 is 0 Å². The summed E-state index contributed by atoms with van der Waals surface area (Å²) in [5.41, 5.74) is 0.578. The van der Waals surface area contributed by atoms with E-state index in [9.17, 15) is 4.79 Å². The van der Waals surface area contributed by atoms with Crippen molar-refractivity contribution in [2.75, 3.05) is 19.6 Å². The summed E-state index contributed by atoms with van der Waals surface area (Å²) in [6.07, 6.45) is 3.78. The molecule has 1 aromatic carbocycles. The van der Waals surface area contributed by atoms with Crippen molar-refractivity contribution in [3.8, 4) is 5.75 Å². The van der Waals surface area contributed by atoms with Gasteiger partial charge in [0.25, 0.3) is 5.91 Å². The van der Waals surface area contributed by atoms with E-state index in [1.165, 1.54) is 19.3 Å². The van der Waals surface area contributed by atoms with Gasteiger partial charge in [0, 0.05) is 24.6 Å². The lowest BCUT2D eigenvalue weighted by Crippen LogP contribution is -2.53. The summed E-state index contributed by atoms with van der Waals surface area (Å²) in [6, 6.07) is 7.08. The fourth-order valence-corrected chi connectivity index (χ4v) is 3.26. The molecule has 27 heavy (non-hydrogen) atoms. The van der Waals surface area contributed by atoms with Gasteiger partial charge in [-0.15, -0.1) is 0 Å². The largest absolute Gasteiger partial charge is 0.485 e. The van der Waals surface area contributed by atoms with Crippen LogP contribution in [0.1, 0.15) is 55.2 Å². The number of piperidine rings is 1. The molecule has 1 N–H and O–H groups in total. The minimum Gasteiger partial charge on any atom is -0.485 e. The summed E-state index contributed by atoms with van der Waals surface area (Å²) >= 11 is 0. The molecule has 7 heteroatoms. The number of nitrogens with one attached hydrogen (secondary N) is 1. The van der Waals surface area contributed by atoms with Gasteiger partial charge < -0.3 is 14.6 Å². The first-order chi connectivity index (χ1) is 12.9. The molecule has 2 heterocycles. The molecule has 0 saturated carbocycles. The van der Waals surface area contributed by atoms with E-state index in [4.69, 9.17) is 9.26 Å². The Kier molecular flexibility index (Phi) is 6.11. The molecular formula is C20H28N4O3. The second-order valence-corrected chi connectivity index (χ2v) is 7.59. The molecule has 1 aromatic heterocycles. The van der Waals surface area contributed by atoms with Gasteiger partial charge in [0.05, 0.1) is 0 Å². The second kappa shape index (κ2) is 8.52. The molecule has 146 valence electrons. The van der Waals surface area contributed by atoms with Crippen LogP contribution in [0.4, 0.5) is 0 Å². The number of rotatable bonds is 7. The van der Waals surface area contributed by atoms with Crippen molar-refractivity contribution >= 4 is 5.91 Å². The van der Waals surface area contributed by atoms with Gasteiger partial charge in [-0.25, -0.2) is 0 Å². The van der Waals surface area contributed by atoms with E-state index < -0.39 is 0 Å². The van der Waals surface area contributed by atoms with Crippen LogP contribution in [0.3, 0.4) is 0 Å². The molecule has 1 aliphatic heterocycles. The molecule has 1 amide bonds. The topological polar surface area (TPSA) is 80.5 Å². The highest BCUT2D eigenvalue weighted by Crippen LogP contribution is 2.20. The summed E-state index contributed by atoms with van der Waals surface area (Å²) in [7, 11) is 0. The molecule has 0 aliphatic carbocycles. The van der Waals surface area contributed by atoms with Gasteiger partial charge in [-0.2, -0.15) is 4.98 Å². The number of hydrogen-bond acceptors (Lipinski definition) is 6. The standard InChI is InChI=1S/C20H28N4O3/c1-15-22-18(23-27-15)13-26-17-9-7-16(8-10-17)19(25)21-14-20(2,3)24-11-5-4-6-12-24/h7-10H,4-6,11-14H2,1-3H3,(H,21,25). The van der Waals surface area contributed by atoms with Crippen LogP contribution in [-0.4, -0.2) is 46.1 Å². The van der Waals surface area contributed by atoms with Crippen LogP contribution in [0.2, 0.25) is 0 Å². The van der Waals surface area contributed by atoms with Crippen molar-refractivity contribution in [1.82, 2.24) is 20.4 Å². The summed E-state index contributed by atoms with van der Waals surface area (Å²) in [5, 5.41) is 6.85. The lowest BCUT2D eigenvalue weighted by Gasteiger charge is -2.41. The predicted molar refractivity (Wildman–Crippen MR) is 102 cm³/mol. The Labute approximate surface area is 160 Å². The first-order valence-electron chi connectivity index (χ1n) is 9.49. The number of benzene rings is 1. The fourth-order valence-electron chi connectivity index (χ4n) is 3.26. The van der Waals surface area contributed by atoms with Gasteiger partial charge in [0.2, 0.25) is 11.7 Å². The van der Waals surface area contributed by atoms with Gasteiger partial charge in [-0.3, -0.25) is 9.69 Å². The molecule has 3 rings (SSSR count). The van der Waals surface area contributed by atoms with Gasteiger partial charge >= 0.3 is 0 Å². The van der Waals surface area contributed by atoms with Crippen molar-refractivity contribution in [2.45, 2.75) is 52.2 Å². The molecule has 7 nitrogen and oxygen atoms in total. The molecule has 0 bridgehead atoms. The van der Waals surface area contributed by atoms with Crippen molar-refractivity contribution in [2.24, 2.45) is 0 Å². The van der Waals surface area contributed by atoms with E-state index in [1.807, 2.05) is 0 Å². The maximum Gasteiger partial charge on any atom is 0.251 e. The van der Waals surface area contributed by atoms with Gasteiger partial charge in [0.1, 0.15) is 5.75 Å². The fraction of sp³-hybridized carbons (Fsp3) is 0.550. The van der Waals surface area contributed by atoms with Crippen LogP contribution in [0.15, 0.2) is 28.8 Å². The van der Waals surface area contributed by atoms with Gasteiger partial charge in [0.15, 0.2) is 6.61 Å². The maximum absolute atomic E-state index is 12.5. The van der Waals surface area contributed by atoms with Gasteiger partial charge in [-0.05, 0) is 64.0 Å². The Bertz CT molecular complexity index is 749. The Morgan fingerprint density at radius 2 is 1.93 bits per heavy atom. The maximum atomic E-state index is 12.5. The minimum absolute atomic E-state index is 0.0398. The monoisotopic (exact) mass is 372 g/mol. The number of aromatic nitrogens is 2. The highest BCUT2D eigenvalue weighted by atomic mass is 16.5.